The molecule has 0 aliphatic heterocycles. The van der Waals surface area contributed by atoms with E-state index in [-0.39, 0.29) is 11.1 Å². The molecule has 1 aliphatic carbocycles. The van der Waals surface area contributed by atoms with Gasteiger partial charge in [0, 0.05) is 16.5 Å². The first-order chi connectivity index (χ1) is 16.6. The Morgan fingerprint density at radius 1 is 0.971 bits per heavy atom. The van der Waals surface area contributed by atoms with Crippen LogP contribution in [0.1, 0.15) is 46.8 Å². The molecule has 3 aromatic carbocycles. The first-order valence-electron chi connectivity index (χ1n) is 11.0. The number of nitrogens with zero attached hydrogens (tertiary/aromatic N) is 1. The van der Waals surface area contributed by atoms with E-state index >= 15 is 0 Å². The second-order valence-corrected chi connectivity index (χ2v) is 9.55. The van der Waals surface area contributed by atoms with Gasteiger partial charge >= 0.3 is 15.6 Å². The van der Waals surface area contributed by atoms with Gasteiger partial charge in [-0.1, -0.05) is 41.6 Å². The largest absolute Gasteiger partial charge is 0.536 e. The molecule has 10 heteroatoms. The normalized spacial score (nSPS) is 14.5. The Labute approximate surface area is 200 Å². The number of hydrogen-bond donors (Lipinski definition) is 0. The van der Waals surface area contributed by atoms with Crippen molar-refractivity contribution < 1.29 is 35.4 Å². The number of ether oxygens (including phenoxy) is 1. The number of aryl methyl sites for hydroxylation is 2. The minimum Gasteiger partial charge on any atom is -0.493 e. The molecule has 0 fully saturated rings. The molecule has 0 saturated carbocycles. The Morgan fingerprint density at radius 3 is 2.20 bits per heavy atom. The van der Waals surface area contributed by atoms with Crippen LogP contribution in [0.25, 0.3) is 10.8 Å². The summed E-state index contributed by atoms with van der Waals surface area (Å²) in [5.41, 5.74) is -3.76. The molecule has 0 bridgehead atoms. The highest BCUT2D eigenvalue weighted by Gasteiger charge is 2.49. The third-order valence-electron chi connectivity index (χ3n) is 5.76. The van der Waals surface area contributed by atoms with E-state index < -0.39 is 27.1 Å². The van der Waals surface area contributed by atoms with E-state index in [0.29, 0.717) is 23.1 Å². The highest BCUT2D eigenvalue weighted by atomic mass is 32.2. The molecule has 0 unspecified atom stereocenters. The van der Waals surface area contributed by atoms with Crippen molar-refractivity contribution in [3.63, 3.8) is 0 Å². The van der Waals surface area contributed by atoms with Gasteiger partial charge in [-0.05, 0) is 67.3 Å². The monoisotopic (exact) mass is 505 g/mol. The molecule has 1 aliphatic rings. The van der Waals surface area contributed by atoms with Gasteiger partial charge in [0.1, 0.15) is 5.75 Å². The van der Waals surface area contributed by atoms with Crippen LogP contribution in [0.3, 0.4) is 0 Å². The number of carbonyl (C=O) groups is 1. The summed E-state index contributed by atoms with van der Waals surface area (Å²) in [5, 5.41) is 4.42. The van der Waals surface area contributed by atoms with Crippen LogP contribution < -0.4 is 4.74 Å². The van der Waals surface area contributed by atoms with Gasteiger partial charge in [-0.3, -0.25) is 9.08 Å². The smallest absolute Gasteiger partial charge is 0.493 e. The fourth-order valence-electron chi connectivity index (χ4n) is 4.11. The minimum absolute atomic E-state index is 0.106. The quantitative estimate of drug-likeness (QED) is 0.181. The maximum absolute atomic E-state index is 13.6. The van der Waals surface area contributed by atoms with Crippen molar-refractivity contribution in [3.8, 4) is 5.75 Å². The Hall–Kier alpha value is -3.40. The average Bonchev–Trinajstić information content (AvgIpc) is 2.83. The summed E-state index contributed by atoms with van der Waals surface area (Å²) in [6, 6.07) is 14.6. The van der Waals surface area contributed by atoms with Crippen LogP contribution in [0.15, 0.2) is 59.8 Å². The number of carbonyl (C=O) groups excluding carboxylic acids is 1. The van der Waals surface area contributed by atoms with Crippen LogP contribution >= 0.6 is 0 Å². The zero-order valence-electron chi connectivity index (χ0n) is 18.8. The van der Waals surface area contributed by atoms with E-state index in [1.807, 2.05) is 19.1 Å². The summed E-state index contributed by atoms with van der Waals surface area (Å²) in [4.78, 5) is 13.6. The van der Waals surface area contributed by atoms with Crippen molar-refractivity contribution in [2.24, 2.45) is 5.16 Å². The summed E-state index contributed by atoms with van der Waals surface area (Å²) in [6.45, 7) is 2.24. The molecule has 0 N–H and O–H groups in total. The van der Waals surface area contributed by atoms with E-state index in [2.05, 4.69) is 9.44 Å². The van der Waals surface area contributed by atoms with Gasteiger partial charge in [0.15, 0.2) is 5.71 Å². The number of rotatable bonds is 7. The first-order valence-corrected chi connectivity index (χ1v) is 12.4. The molecule has 0 spiro atoms. The minimum atomic E-state index is -6.04. The van der Waals surface area contributed by atoms with Gasteiger partial charge in [-0.25, -0.2) is 0 Å². The highest BCUT2D eigenvalue weighted by Crippen LogP contribution is 2.35. The SMILES string of the molecule is CCOc1ccc(C(=O)/C(=N/OS(=O)(=O)C(F)(F)F)c2ccccc2)c2cc3c(cc12)CCCC3. The summed E-state index contributed by atoms with van der Waals surface area (Å²) in [6.07, 6.45) is 3.79. The standard InChI is InChI=1S/C25H22F3NO5S/c1-2-33-22-13-12-19(20-14-17-10-6-7-11-18(17)15-21(20)22)24(30)23(16-8-4-3-5-9-16)29-34-35(31,32)25(26,27)28/h3-5,8-9,12-15H,2,6-7,10-11H2,1H3/b29-23+. The van der Waals surface area contributed by atoms with E-state index in [4.69, 9.17) is 4.74 Å². The van der Waals surface area contributed by atoms with Crippen LogP contribution in [-0.2, 0) is 27.2 Å². The number of fused-ring (bicyclic) bond motifs is 2. The molecule has 184 valence electrons. The number of ketones is 1. The summed E-state index contributed by atoms with van der Waals surface area (Å²) in [5.74, 6) is -0.209. The summed E-state index contributed by atoms with van der Waals surface area (Å²) < 4.78 is 71.0. The molecule has 0 atom stereocenters. The van der Waals surface area contributed by atoms with Crippen molar-refractivity contribution in [2.45, 2.75) is 38.1 Å². The molecule has 3 aromatic rings. The lowest BCUT2D eigenvalue weighted by atomic mass is 9.87. The zero-order chi connectivity index (χ0) is 25.2. The van der Waals surface area contributed by atoms with Gasteiger partial charge < -0.3 is 4.74 Å². The Bertz CT molecular complexity index is 1400. The van der Waals surface area contributed by atoms with E-state index in [0.717, 1.165) is 36.8 Å². The number of hydrogen-bond acceptors (Lipinski definition) is 6. The van der Waals surface area contributed by atoms with Crippen molar-refractivity contribution >= 4 is 32.4 Å². The molecule has 6 nitrogen and oxygen atoms in total. The lowest BCUT2D eigenvalue weighted by Crippen LogP contribution is -2.25. The van der Waals surface area contributed by atoms with Gasteiger partial charge in [-0.15, -0.1) is 0 Å². The first kappa shape index (κ1) is 24.7. The van der Waals surface area contributed by atoms with Crippen LogP contribution in [-0.4, -0.2) is 32.0 Å². The van der Waals surface area contributed by atoms with Gasteiger partial charge in [-0.2, -0.15) is 21.6 Å². The third-order valence-corrected chi connectivity index (χ3v) is 6.59. The molecule has 0 radical (unpaired) electrons. The Balaban J connectivity index is 1.88. The van der Waals surface area contributed by atoms with E-state index in [9.17, 15) is 26.4 Å². The van der Waals surface area contributed by atoms with Crippen LogP contribution in [0.2, 0.25) is 0 Å². The molecule has 0 aromatic heterocycles. The molecule has 0 saturated heterocycles. The second-order valence-electron chi connectivity index (χ2n) is 8.03. The van der Waals surface area contributed by atoms with Gasteiger partial charge in [0.2, 0.25) is 5.78 Å². The fourth-order valence-corrected chi connectivity index (χ4v) is 4.36. The maximum Gasteiger partial charge on any atom is 0.536 e. The van der Waals surface area contributed by atoms with E-state index in [1.165, 1.54) is 18.2 Å². The van der Waals surface area contributed by atoms with Crippen molar-refractivity contribution in [1.29, 1.82) is 0 Å². The molecule has 35 heavy (non-hydrogen) atoms. The fraction of sp³-hybridized carbons (Fsp3) is 0.280. The van der Waals surface area contributed by atoms with Gasteiger partial charge in [0.25, 0.3) is 0 Å². The molecule has 0 heterocycles. The molecule has 0 amide bonds. The van der Waals surface area contributed by atoms with Crippen molar-refractivity contribution in [1.82, 2.24) is 0 Å². The summed E-state index contributed by atoms with van der Waals surface area (Å²) >= 11 is 0. The number of benzene rings is 3. The van der Waals surface area contributed by atoms with Crippen LogP contribution in [0.4, 0.5) is 13.2 Å². The maximum atomic E-state index is 13.6. The number of halogens is 3. The predicted octanol–water partition coefficient (Wildman–Crippen LogP) is 5.57. The van der Waals surface area contributed by atoms with Crippen LogP contribution in [0, 0.1) is 0 Å². The Kier molecular flexibility index (Phi) is 6.84. The third kappa shape index (κ3) is 5.02. The highest BCUT2D eigenvalue weighted by molar-refractivity contribution is 7.87. The number of alkyl halides is 3. The average molecular weight is 506 g/mol. The summed E-state index contributed by atoms with van der Waals surface area (Å²) in [7, 11) is -6.04. The van der Waals surface area contributed by atoms with Gasteiger partial charge in [0.05, 0.1) is 6.61 Å². The molecule has 4 rings (SSSR count). The lowest BCUT2D eigenvalue weighted by molar-refractivity contribution is -0.0540. The van der Waals surface area contributed by atoms with Crippen molar-refractivity contribution in [2.75, 3.05) is 6.61 Å². The van der Waals surface area contributed by atoms with Crippen LogP contribution in [0.5, 0.6) is 5.75 Å². The molecular weight excluding hydrogens is 483 g/mol. The topological polar surface area (TPSA) is 82.0 Å². The predicted molar refractivity (Wildman–Crippen MR) is 125 cm³/mol. The zero-order valence-corrected chi connectivity index (χ0v) is 19.6. The lowest BCUT2D eigenvalue weighted by Gasteiger charge is -2.19. The molecular formula is C25H22F3NO5S. The second kappa shape index (κ2) is 9.69. The van der Waals surface area contributed by atoms with Crippen molar-refractivity contribution in [3.05, 3.63) is 76.9 Å². The van der Waals surface area contributed by atoms with E-state index in [1.54, 1.807) is 24.3 Å². The Morgan fingerprint density at radius 2 is 1.60 bits per heavy atom. The number of Topliss-reactive ketones (excluding diaryl/α,β-unsaturated/α-hetero) is 1. The number of oxime groups is 1.